The predicted molar refractivity (Wildman–Crippen MR) is 111 cm³/mol. The van der Waals surface area contributed by atoms with Crippen LogP contribution in [0.5, 0.6) is 5.75 Å². The zero-order chi connectivity index (χ0) is 20.3. The van der Waals surface area contributed by atoms with E-state index in [-0.39, 0.29) is 18.4 Å². The second kappa shape index (κ2) is 8.05. The maximum atomic E-state index is 13.3. The number of aryl methyl sites for hydroxylation is 2. The Kier molecular flexibility index (Phi) is 5.73. The molecule has 0 radical (unpaired) electrons. The van der Waals surface area contributed by atoms with E-state index in [1.807, 2.05) is 19.1 Å². The first-order valence-corrected chi connectivity index (χ1v) is 9.70. The highest BCUT2D eigenvalue weighted by atomic mass is 16.5. The third-order valence-electron chi connectivity index (χ3n) is 5.29. The molecule has 5 heteroatoms. The van der Waals surface area contributed by atoms with Gasteiger partial charge in [-0.3, -0.25) is 9.59 Å². The van der Waals surface area contributed by atoms with Gasteiger partial charge in [0.15, 0.2) is 0 Å². The van der Waals surface area contributed by atoms with Crippen molar-refractivity contribution in [2.75, 3.05) is 25.5 Å². The standard InChI is InChI=1S/C23H28N2O3/c1-5-25(15-21(26)24-19-7-6-8-20(14-19)28-4)22(27)23(9-10-23)18-12-16(2)11-17(3)13-18/h6-8,11-14H,5,9-10,15H2,1-4H3,(H,24,26). The third-order valence-corrected chi connectivity index (χ3v) is 5.29. The van der Waals surface area contributed by atoms with E-state index in [1.165, 1.54) is 0 Å². The molecule has 1 aliphatic carbocycles. The normalized spacial score (nSPS) is 14.3. The van der Waals surface area contributed by atoms with Crippen molar-refractivity contribution in [2.45, 2.75) is 39.0 Å². The van der Waals surface area contributed by atoms with Gasteiger partial charge in [-0.25, -0.2) is 0 Å². The maximum absolute atomic E-state index is 13.3. The molecule has 0 unspecified atom stereocenters. The molecule has 148 valence electrons. The molecule has 0 bridgehead atoms. The fourth-order valence-electron chi connectivity index (χ4n) is 3.71. The number of hydrogen-bond donors (Lipinski definition) is 1. The minimum absolute atomic E-state index is 0.0408. The minimum atomic E-state index is -0.469. The Morgan fingerprint density at radius 2 is 1.79 bits per heavy atom. The van der Waals surface area contributed by atoms with Crippen LogP contribution in [0, 0.1) is 13.8 Å². The summed E-state index contributed by atoms with van der Waals surface area (Å²) >= 11 is 0. The predicted octanol–water partition coefficient (Wildman–Crippen LogP) is 3.83. The van der Waals surface area contributed by atoms with Crippen LogP contribution in [0.1, 0.15) is 36.5 Å². The zero-order valence-corrected chi connectivity index (χ0v) is 17.0. The average molecular weight is 380 g/mol. The van der Waals surface area contributed by atoms with Crippen LogP contribution in [-0.2, 0) is 15.0 Å². The molecule has 0 atom stereocenters. The Morgan fingerprint density at radius 1 is 1.11 bits per heavy atom. The summed E-state index contributed by atoms with van der Waals surface area (Å²) in [6.45, 7) is 6.55. The molecule has 1 N–H and O–H groups in total. The van der Waals surface area contributed by atoms with E-state index in [0.29, 0.717) is 18.0 Å². The van der Waals surface area contributed by atoms with Crippen molar-refractivity contribution in [3.63, 3.8) is 0 Å². The summed E-state index contributed by atoms with van der Waals surface area (Å²) < 4.78 is 5.18. The number of methoxy groups -OCH3 is 1. The van der Waals surface area contributed by atoms with E-state index in [2.05, 4.69) is 37.4 Å². The number of benzene rings is 2. The van der Waals surface area contributed by atoms with Gasteiger partial charge in [-0.05, 0) is 51.3 Å². The van der Waals surface area contributed by atoms with Gasteiger partial charge < -0.3 is 15.0 Å². The van der Waals surface area contributed by atoms with Crippen molar-refractivity contribution in [3.05, 3.63) is 59.2 Å². The zero-order valence-electron chi connectivity index (χ0n) is 17.0. The lowest BCUT2D eigenvalue weighted by Gasteiger charge is -2.26. The number of rotatable bonds is 7. The van der Waals surface area contributed by atoms with E-state index >= 15 is 0 Å². The highest BCUT2D eigenvalue weighted by Crippen LogP contribution is 2.50. The van der Waals surface area contributed by atoms with Crippen molar-refractivity contribution >= 4 is 17.5 Å². The lowest BCUT2D eigenvalue weighted by molar-refractivity contribution is -0.136. The average Bonchev–Trinajstić information content (AvgIpc) is 3.47. The van der Waals surface area contributed by atoms with E-state index in [1.54, 1.807) is 24.1 Å². The Morgan fingerprint density at radius 3 is 2.36 bits per heavy atom. The Hall–Kier alpha value is -2.82. The van der Waals surface area contributed by atoms with Gasteiger partial charge in [-0.2, -0.15) is 0 Å². The Labute approximate surface area is 166 Å². The minimum Gasteiger partial charge on any atom is -0.497 e. The van der Waals surface area contributed by atoms with Crippen molar-refractivity contribution in [3.8, 4) is 5.75 Å². The third kappa shape index (κ3) is 4.19. The molecule has 1 aliphatic rings. The number of amides is 2. The molecule has 0 aromatic heterocycles. The smallest absolute Gasteiger partial charge is 0.243 e. The number of likely N-dealkylation sites (N-methyl/N-ethyl adjacent to an activating group) is 1. The molecule has 28 heavy (non-hydrogen) atoms. The number of ether oxygens (including phenoxy) is 1. The summed E-state index contributed by atoms with van der Waals surface area (Å²) in [4.78, 5) is 27.5. The van der Waals surface area contributed by atoms with E-state index in [4.69, 9.17) is 4.74 Å². The summed E-state index contributed by atoms with van der Waals surface area (Å²) in [5.41, 5.74) is 3.58. The van der Waals surface area contributed by atoms with Crippen molar-refractivity contribution < 1.29 is 14.3 Å². The fourth-order valence-corrected chi connectivity index (χ4v) is 3.71. The Balaban J connectivity index is 1.72. The van der Waals surface area contributed by atoms with Crippen LogP contribution >= 0.6 is 0 Å². The topological polar surface area (TPSA) is 58.6 Å². The molecule has 1 fully saturated rings. The van der Waals surface area contributed by atoms with Crippen molar-refractivity contribution in [1.29, 1.82) is 0 Å². The highest BCUT2D eigenvalue weighted by molar-refractivity contribution is 5.98. The second-order valence-corrected chi connectivity index (χ2v) is 7.56. The van der Waals surface area contributed by atoms with Gasteiger partial charge in [-0.1, -0.05) is 35.4 Å². The summed E-state index contributed by atoms with van der Waals surface area (Å²) in [5, 5.41) is 2.85. The lowest BCUT2D eigenvalue weighted by atomic mass is 9.91. The van der Waals surface area contributed by atoms with Gasteiger partial charge in [0.2, 0.25) is 11.8 Å². The molecule has 1 saturated carbocycles. The number of nitrogens with one attached hydrogen (secondary N) is 1. The van der Waals surface area contributed by atoms with Crippen LogP contribution in [-0.4, -0.2) is 36.9 Å². The quantitative estimate of drug-likeness (QED) is 0.794. The second-order valence-electron chi connectivity index (χ2n) is 7.56. The van der Waals surface area contributed by atoms with E-state index < -0.39 is 5.41 Å². The first-order valence-electron chi connectivity index (χ1n) is 9.70. The van der Waals surface area contributed by atoms with Crippen LogP contribution in [0.2, 0.25) is 0 Å². The van der Waals surface area contributed by atoms with Crippen LogP contribution < -0.4 is 10.1 Å². The fraction of sp³-hybridized carbons (Fsp3) is 0.391. The van der Waals surface area contributed by atoms with Gasteiger partial charge in [0, 0.05) is 18.3 Å². The number of carbonyl (C=O) groups excluding carboxylic acids is 2. The van der Waals surface area contributed by atoms with Crippen LogP contribution in [0.15, 0.2) is 42.5 Å². The van der Waals surface area contributed by atoms with E-state index in [0.717, 1.165) is 29.5 Å². The number of carbonyl (C=O) groups is 2. The largest absolute Gasteiger partial charge is 0.497 e. The molecule has 2 aromatic carbocycles. The van der Waals surface area contributed by atoms with Crippen molar-refractivity contribution in [2.24, 2.45) is 0 Å². The molecule has 0 spiro atoms. The SMILES string of the molecule is CCN(CC(=O)Nc1cccc(OC)c1)C(=O)C1(c2cc(C)cc(C)c2)CC1. The van der Waals surface area contributed by atoms with Crippen LogP contribution in [0.3, 0.4) is 0 Å². The van der Waals surface area contributed by atoms with Gasteiger partial charge >= 0.3 is 0 Å². The molecule has 2 aromatic rings. The molecule has 5 nitrogen and oxygen atoms in total. The first kappa shape index (κ1) is 19.9. The van der Waals surface area contributed by atoms with Crippen LogP contribution in [0.4, 0.5) is 5.69 Å². The van der Waals surface area contributed by atoms with E-state index in [9.17, 15) is 9.59 Å². The summed E-state index contributed by atoms with van der Waals surface area (Å²) in [6.07, 6.45) is 1.67. The summed E-state index contributed by atoms with van der Waals surface area (Å²) in [6, 6.07) is 13.5. The number of anilines is 1. The van der Waals surface area contributed by atoms with Gasteiger partial charge in [0.05, 0.1) is 19.1 Å². The van der Waals surface area contributed by atoms with Gasteiger partial charge in [0.1, 0.15) is 5.75 Å². The van der Waals surface area contributed by atoms with Crippen molar-refractivity contribution in [1.82, 2.24) is 4.90 Å². The number of hydrogen-bond acceptors (Lipinski definition) is 3. The molecule has 3 rings (SSSR count). The molecule has 0 heterocycles. The maximum Gasteiger partial charge on any atom is 0.243 e. The highest BCUT2D eigenvalue weighted by Gasteiger charge is 2.53. The molecular formula is C23H28N2O3. The molecule has 2 amide bonds. The van der Waals surface area contributed by atoms with Gasteiger partial charge in [-0.15, -0.1) is 0 Å². The summed E-state index contributed by atoms with van der Waals surface area (Å²) in [7, 11) is 1.58. The van der Waals surface area contributed by atoms with Crippen LogP contribution in [0.25, 0.3) is 0 Å². The lowest BCUT2D eigenvalue weighted by Crippen LogP contribution is -2.43. The molecule has 0 saturated heterocycles. The molecule has 0 aliphatic heterocycles. The monoisotopic (exact) mass is 380 g/mol. The molecular weight excluding hydrogens is 352 g/mol. The summed E-state index contributed by atoms with van der Waals surface area (Å²) in [5.74, 6) is 0.508. The Bertz CT molecular complexity index is 867. The number of nitrogens with zero attached hydrogens (tertiary/aromatic N) is 1. The van der Waals surface area contributed by atoms with Gasteiger partial charge in [0.25, 0.3) is 0 Å². The first-order chi connectivity index (χ1) is 13.4.